The maximum absolute atomic E-state index is 6.08. The van der Waals surface area contributed by atoms with Gasteiger partial charge in [0.2, 0.25) is 5.88 Å². The van der Waals surface area contributed by atoms with Gasteiger partial charge in [-0.3, -0.25) is 0 Å². The normalized spacial score (nSPS) is 16.8. The average molecular weight is 385 g/mol. The second kappa shape index (κ2) is 7.52. The number of aromatic nitrogens is 4. The van der Waals surface area contributed by atoms with E-state index in [1.54, 1.807) is 12.5 Å². The highest BCUT2D eigenvalue weighted by molar-refractivity contribution is 6.31. The molecule has 2 aromatic heterocycles. The van der Waals surface area contributed by atoms with Gasteiger partial charge in [0.05, 0.1) is 18.3 Å². The summed E-state index contributed by atoms with van der Waals surface area (Å²) < 4.78 is 5.47. The third-order valence-corrected chi connectivity index (χ3v) is 5.00. The van der Waals surface area contributed by atoms with Crippen molar-refractivity contribution in [3.8, 4) is 5.88 Å². The molecule has 0 bridgehead atoms. The maximum atomic E-state index is 6.08. The van der Waals surface area contributed by atoms with Crippen LogP contribution in [0.5, 0.6) is 5.88 Å². The van der Waals surface area contributed by atoms with Gasteiger partial charge in [0, 0.05) is 30.6 Å². The van der Waals surface area contributed by atoms with Gasteiger partial charge in [-0.15, -0.1) is 0 Å². The number of rotatable bonds is 5. The van der Waals surface area contributed by atoms with Crippen molar-refractivity contribution >= 4 is 34.0 Å². The molecule has 3 heterocycles. The number of nitrogen functional groups attached to an aromatic ring is 1. The standard InChI is InChI=1S/C19H21ClN6O/c1-2-27-19-15(20)9-22-17(25-19)7-12-5-6-26(10-12)18-14-4-3-13(21)8-16(14)23-11-24-18/h3-4,8-9,11-12H,2,5-7,10,21H2,1H3/t12-/m0/s1. The first-order chi connectivity index (χ1) is 13.1. The molecule has 3 aromatic rings. The fourth-order valence-corrected chi connectivity index (χ4v) is 3.63. The molecule has 140 valence electrons. The fraction of sp³-hybridized carbons (Fsp3) is 0.368. The van der Waals surface area contributed by atoms with E-state index in [9.17, 15) is 0 Å². The lowest BCUT2D eigenvalue weighted by Crippen LogP contribution is -2.22. The van der Waals surface area contributed by atoms with Crippen molar-refractivity contribution in [3.05, 3.63) is 41.6 Å². The van der Waals surface area contributed by atoms with Gasteiger partial charge >= 0.3 is 0 Å². The van der Waals surface area contributed by atoms with Gasteiger partial charge in [0.25, 0.3) is 0 Å². The number of hydrogen-bond acceptors (Lipinski definition) is 7. The smallest absolute Gasteiger partial charge is 0.235 e. The van der Waals surface area contributed by atoms with Gasteiger partial charge in [-0.2, -0.15) is 4.98 Å². The zero-order valence-corrected chi connectivity index (χ0v) is 15.9. The second-order valence-corrected chi connectivity index (χ2v) is 7.06. The van der Waals surface area contributed by atoms with E-state index >= 15 is 0 Å². The molecule has 0 amide bonds. The molecule has 1 aliphatic rings. The van der Waals surface area contributed by atoms with Crippen LogP contribution >= 0.6 is 11.6 Å². The quantitative estimate of drug-likeness (QED) is 0.676. The SMILES string of the molecule is CCOc1nc(C[C@@H]2CCN(c3ncnc4cc(N)ccc34)C2)ncc1Cl. The van der Waals surface area contributed by atoms with Crippen LogP contribution < -0.4 is 15.4 Å². The average Bonchev–Trinajstić information content (AvgIpc) is 3.12. The first-order valence-corrected chi connectivity index (χ1v) is 9.41. The number of anilines is 2. The molecular weight excluding hydrogens is 364 g/mol. The zero-order chi connectivity index (χ0) is 18.8. The topological polar surface area (TPSA) is 90.0 Å². The van der Waals surface area contributed by atoms with Crippen molar-refractivity contribution in [1.29, 1.82) is 0 Å². The molecule has 1 saturated heterocycles. The zero-order valence-electron chi connectivity index (χ0n) is 15.1. The summed E-state index contributed by atoms with van der Waals surface area (Å²) in [7, 11) is 0. The van der Waals surface area contributed by atoms with Crippen LogP contribution in [-0.2, 0) is 6.42 Å². The van der Waals surface area contributed by atoms with Crippen LogP contribution in [0.2, 0.25) is 5.02 Å². The largest absolute Gasteiger partial charge is 0.477 e. The molecule has 8 heteroatoms. The number of ether oxygens (including phenoxy) is 1. The predicted octanol–water partition coefficient (Wildman–Crippen LogP) is 3.12. The van der Waals surface area contributed by atoms with E-state index in [1.807, 2.05) is 25.1 Å². The minimum atomic E-state index is 0.444. The van der Waals surface area contributed by atoms with Gasteiger partial charge < -0.3 is 15.4 Å². The summed E-state index contributed by atoms with van der Waals surface area (Å²) in [4.78, 5) is 20.0. The summed E-state index contributed by atoms with van der Waals surface area (Å²) in [5, 5.41) is 1.47. The van der Waals surface area contributed by atoms with E-state index in [0.717, 1.165) is 48.5 Å². The summed E-state index contributed by atoms with van der Waals surface area (Å²) in [6.45, 7) is 4.27. The molecular formula is C19H21ClN6O. The predicted molar refractivity (Wildman–Crippen MR) is 106 cm³/mol. The lowest BCUT2D eigenvalue weighted by molar-refractivity contribution is 0.324. The van der Waals surface area contributed by atoms with E-state index in [4.69, 9.17) is 22.1 Å². The third kappa shape index (κ3) is 3.73. The Morgan fingerprint density at radius 3 is 3.04 bits per heavy atom. The molecule has 1 aromatic carbocycles. The Hall–Kier alpha value is -2.67. The number of nitrogens with two attached hydrogens (primary N) is 1. The highest BCUT2D eigenvalue weighted by atomic mass is 35.5. The van der Waals surface area contributed by atoms with Crippen LogP contribution in [0.1, 0.15) is 19.2 Å². The Morgan fingerprint density at radius 1 is 1.30 bits per heavy atom. The highest BCUT2D eigenvalue weighted by Crippen LogP contribution is 2.30. The lowest BCUT2D eigenvalue weighted by atomic mass is 10.0. The lowest BCUT2D eigenvalue weighted by Gasteiger charge is -2.19. The molecule has 1 aliphatic heterocycles. The molecule has 0 unspecified atom stereocenters. The Kier molecular flexibility index (Phi) is 4.94. The first-order valence-electron chi connectivity index (χ1n) is 9.03. The van der Waals surface area contributed by atoms with Crippen molar-refractivity contribution in [2.24, 2.45) is 5.92 Å². The summed E-state index contributed by atoms with van der Waals surface area (Å²) in [5.41, 5.74) is 7.44. The molecule has 4 rings (SSSR count). The minimum Gasteiger partial charge on any atom is -0.477 e. The molecule has 0 aliphatic carbocycles. The highest BCUT2D eigenvalue weighted by Gasteiger charge is 2.26. The van der Waals surface area contributed by atoms with Crippen LogP contribution in [0, 0.1) is 5.92 Å². The molecule has 0 spiro atoms. The number of fused-ring (bicyclic) bond motifs is 1. The van der Waals surface area contributed by atoms with Crippen LogP contribution in [0.25, 0.3) is 10.9 Å². The molecule has 0 radical (unpaired) electrons. The molecule has 1 atom stereocenters. The Bertz CT molecular complexity index is 966. The van der Waals surface area contributed by atoms with Crippen LogP contribution in [0.15, 0.2) is 30.7 Å². The van der Waals surface area contributed by atoms with Crippen molar-refractivity contribution < 1.29 is 4.74 Å². The van der Waals surface area contributed by atoms with Gasteiger partial charge in [0.15, 0.2) is 0 Å². The van der Waals surface area contributed by atoms with E-state index in [1.165, 1.54) is 0 Å². The van der Waals surface area contributed by atoms with Crippen LogP contribution in [0.3, 0.4) is 0 Å². The minimum absolute atomic E-state index is 0.444. The summed E-state index contributed by atoms with van der Waals surface area (Å²) >= 11 is 6.08. The monoisotopic (exact) mass is 384 g/mol. The fourth-order valence-electron chi connectivity index (χ4n) is 3.48. The van der Waals surface area contributed by atoms with E-state index in [-0.39, 0.29) is 0 Å². The second-order valence-electron chi connectivity index (χ2n) is 6.65. The van der Waals surface area contributed by atoms with Gasteiger partial charge in [-0.25, -0.2) is 15.0 Å². The van der Waals surface area contributed by atoms with Crippen LogP contribution in [-0.4, -0.2) is 39.6 Å². The third-order valence-electron chi connectivity index (χ3n) is 4.74. The summed E-state index contributed by atoms with van der Waals surface area (Å²) in [5.74, 6) is 2.61. The first kappa shape index (κ1) is 17.7. The molecule has 2 N–H and O–H groups in total. The Balaban J connectivity index is 1.50. The number of halogens is 1. The van der Waals surface area contributed by atoms with E-state index in [0.29, 0.717) is 29.1 Å². The molecule has 27 heavy (non-hydrogen) atoms. The maximum Gasteiger partial charge on any atom is 0.235 e. The van der Waals surface area contributed by atoms with Crippen molar-refractivity contribution in [3.63, 3.8) is 0 Å². The molecule has 0 saturated carbocycles. The number of nitrogens with zero attached hydrogens (tertiary/aromatic N) is 5. The van der Waals surface area contributed by atoms with Gasteiger partial charge in [0.1, 0.15) is 23.0 Å². The Morgan fingerprint density at radius 2 is 2.19 bits per heavy atom. The van der Waals surface area contributed by atoms with Crippen LogP contribution in [0.4, 0.5) is 11.5 Å². The number of hydrogen-bond donors (Lipinski definition) is 1. The number of benzene rings is 1. The van der Waals surface area contributed by atoms with E-state index in [2.05, 4.69) is 24.8 Å². The van der Waals surface area contributed by atoms with Gasteiger partial charge in [-0.1, -0.05) is 11.6 Å². The van der Waals surface area contributed by atoms with Crippen molar-refractivity contribution in [2.75, 3.05) is 30.3 Å². The Labute approximate surface area is 162 Å². The summed E-state index contributed by atoms with van der Waals surface area (Å²) in [6, 6.07) is 5.76. The van der Waals surface area contributed by atoms with Crippen molar-refractivity contribution in [2.45, 2.75) is 19.8 Å². The summed E-state index contributed by atoms with van der Waals surface area (Å²) in [6.07, 6.45) is 5.05. The molecule has 7 nitrogen and oxygen atoms in total. The molecule has 1 fully saturated rings. The van der Waals surface area contributed by atoms with Gasteiger partial charge in [-0.05, 0) is 37.5 Å². The van der Waals surface area contributed by atoms with Crippen molar-refractivity contribution in [1.82, 2.24) is 19.9 Å². The van der Waals surface area contributed by atoms with E-state index < -0.39 is 0 Å².